The minimum absolute atomic E-state index is 0.235. The van der Waals surface area contributed by atoms with E-state index in [-0.39, 0.29) is 12.1 Å². The molecule has 0 aliphatic carbocycles. The molecule has 0 saturated carbocycles. The summed E-state index contributed by atoms with van der Waals surface area (Å²) < 4.78 is 11.9. The molecule has 1 aromatic carbocycles. The summed E-state index contributed by atoms with van der Waals surface area (Å²) in [5.74, 6) is -0.235. The molecule has 3 nitrogen and oxygen atoms in total. The molecule has 0 aliphatic rings. The van der Waals surface area contributed by atoms with Gasteiger partial charge in [-0.05, 0) is 26.3 Å². The third kappa shape index (κ3) is 5.79. The lowest BCUT2D eigenvalue weighted by Gasteiger charge is -2.29. The molecule has 21 heavy (non-hydrogen) atoms. The minimum atomic E-state index is -0.715. The van der Waals surface area contributed by atoms with Crippen molar-refractivity contribution in [3.63, 3.8) is 0 Å². The largest absolute Gasteiger partial charge is 0.465 e. The first-order chi connectivity index (χ1) is 10.0. The van der Waals surface area contributed by atoms with Gasteiger partial charge in [-0.1, -0.05) is 65.1 Å². The molecular weight excluding hydrogens is 379 g/mol. The van der Waals surface area contributed by atoms with Gasteiger partial charge >= 0.3 is 5.97 Å². The average molecular weight is 402 g/mol. The summed E-state index contributed by atoms with van der Waals surface area (Å²) in [5.41, 5.74) is 0.368. The molecule has 1 aromatic rings. The van der Waals surface area contributed by atoms with Crippen LogP contribution in [-0.2, 0) is 14.3 Å². The molecule has 0 aliphatic heterocycles. The summed E-state index contributed by atoms with van der Waals surface area (Å²) in [6.45, 7) is 6.52. The van der Waals surface area contributed by atoms with E-state index in [0.29, 0.717) is 13.2 Å². The Bertz CT molecular complexity index is 454. The SMILES string of the molecule is CCOC(=O)C(C)(C)[C@H](/C=C/c1ccccc1)OCCI. The van der Waals surface area contributed by atoms with Gasteiger partial charge < -0.3 is 9.47 Å². The Morgan fingerprint density at radius 2 is 2.00 bits per heavy atom. The maximum atomic E-state index is 12.1. The molecule has 0 spiro atoms. The lowest BCUT2D eigenvalue weighted by molar-refractivity contribution is -0.160. The molecule has 0 unspecified atom stereocenters. The minimum Gasteiger partial charge on any atom is -0.465 e. The van der Waals surface area contributed by atoms with Gasteiger partial charge in [0.15, 0.2) is 0 Å². The standard InChI is InChI=1S/C17H23IO3/c1-4-20-16(19)17(2,3)15(21-13-12-18)11-10-14-8-6-5-7-9-14/h5-11,15H,4,12-13H2,1-3H3/b11-10+/t15-/m0/s1. The van der Waals surface area contributed by atoms with E-state index in [9.17, 15) is 4.79 Å². The van der Waals surface area contributed by atoms with Crippen LogP contribution in [0.3, 0.4) is 0 Å². The van der Waals surface area contributed by atoms with E-state index >= 15 is 0 Å². The first kappa shape index (κ1) is 18.2. The molecule has 1 rings (SSSR count). The fourth-order valence-corrected chi connectivity index (χ4v) is 2.13. The Labute approximate surface area is 140 Å². The summed E-state index contributed by atoms with van der Waals surface area (Å²) in [5, 5.41) is 0. The lowest BCUT2D eigenvalue weighted by Crippen LogP contribution is -2.39. The Morgan fingerprint density at radius 1 is 1.33 bits per heavy atom. The molecule has 0 heterocycles. The van der Waals surface area contributed by atoms with Gasteiger partial charge in [0, 0.05) is 4.43 Å². The van der Waals surface area contributed by atoms with E-state index in [1.165, 1.54) is 0 Å². The Hall–Kier alpha value is -0.880. The van der Waals surface area contributed by atoms with Crippen LogP contribution >= 0.6 is 22.6 Å². The van der Waals surface area contributed by atoms with Crippen LogP contribution in [0.25, 0.3) is 6.08 Å². The van der Waals surface area contributed by atoms with Crippen molar-refractivity contribution in [2.24, 2.45) is 5.41 Å². The molecule has 0 N–H and O–H groups in total. The first-order valence-corrected chi connectivity index (χ1v) is 8.63. The highest BCUT2D eigenvalue weighted by Gasteiger charge is 2.37. The van der Waals surface area contributed by atoms with Crippen molar-refractivity contribution in [3.05, 3.63) is 42.0 Å². The number of carbonyl (C=O) groups is 1. The summed E-state index contributed by atoms with van der Waals surface area (Å²) in [6, 6.07) is 9.98. The second kappa shape index (κ2) is 9.20. The molecule has 1 atom stereocenters. The van der Waals surface area contributed by atoms with Crippen LogP contribution in [0, 0.1) is 5.41 Å². The number of rotatable bonds is 8. The highest BCUT2D eigenvalue weighted by atomic mass is 127. The highest BCUT2D eigenvalue weighted by Crippen LogP contribution is 2.27. The monoisotopic (exact) mass is 402 g/mol. The van der Waals surface area contributed by atoms with Crippen molar-refractivity contribution >= 4 is 34.6 Å². The van der Waals surface area contributed by atoms with E-state index in [1.54, 1.807) is 0 Å². The molecule has 4 heteroatoms. The number of carbonyl (C=O) groups excluding carboxylic acids is 1. The van der Waals surface area contributed by atoms with Gasteiger partial charge in [0.1, 0.15) is 0 Å². The maximum absolute atomic E-state index is 12.1. The number of hydrogen-bond acceptors (Lipinski definition) is 3. The van der Waals surface area contributed by atoms with Crippen LogP contribution in [0.1, 0.15) is 26.3 Å². The molecule has 0 amide bonds. The number of alkyl halides is 1. The normalized spacial score (nSPS) is 13.3. The van der Waals surface area contributed by atoms with Crippen LogP contribution < -0.4 is 0 Å². The van der Waals surface area contributed by atoms with Gasteiger partial charge in [-0.2, -0.15) is 0 Å². The molecule has 116 valence electrons. The number of hydrogen-bond donors (Lipinski definition) is 0. The molecular formula is C17H23IO3. The smallest absolute Gasteiger partial charge is 0.314 e. The van der Waals surface area contributed by atoms with Crippen LogP contribution in [0.5, 0.6) is 0 Å². The number of benzene rings is 1. The highest BCUT2D eigenvalue weighted by molar-refractivity contribution is 14.1. The van der Waals surface area contributed by atoms with Gasteiger partial charge in [-0.3, -0.25) is 4.79 Å². The maximum Gasteiger partial charge on any atom is 0.314 e. The second-order valence-corrected chi connectivity index (χ2v) is 6.27. The zero-order chi connectivity index (χ0) is 15.7. The Morgan fingerprint density at radius 3 is 2.57 bits per heavy atom. The van der Waals surface area contributed by atoms with Crippen LogP contribution in [0.4, 0.5) is 0 Å². The van der Waals surface area contributed by atoms with Crippen molar-refractivity contribution in [2.75, 3.05) is 17.6 Å². The van der Waals surface area contributed by atoms with Crippen molar-refractivity contribution in [3.8, 4) is 0 Å². The van der Waals surface area contributed by atoms with E-state index < -0.39 is 5.41 Å². The van der Waals surface area contributed by atoms with Gasteiger partial charge in [-0.25, -0.2) is 0 Å². The summed E-state index contributed by atoms with van der Waals surface area (Å²) in [6.07, 6.45) is 3.61. The van der Waals surface area contributed by atoms with Gasteiger partial charge in [0.05, 0.1) is 24.7 Å². The number of halogens is 1. The third-order valence-corrected chi connectivity index (χ3v) is 3.59. The molecule has 0 fully saturated rings. The van der Waals surface area contributed by atoms with Gasteiger partial charge in [0.25, 0.3) is 0 Å². The van der Waals surface area contributed by atoms with Crippen molar-refractivity contribution in [1.29, 1.82) is 0 Å². The molecule has 0 bridgehead atoms. The predicted molar refractivity (Wildman–Crippen MR) is 94.5 cm³/mol. The van der Waals surface area contributed by atoms with E-state index in [2.05, 4.69) is 22.6 Å². The van der Waals surface area contributed by atoms with E-state index in [0.717, 1.165) is 9.99 Å². The molecule has 0 saturated heterocycles. The molecule has 0 radical (unpaired) electrons. The lowest BCUT2D eigenvalue weighted by atomic mass is 9.86. The van der Waals surface area contributed by atoms with Crippen molar-refractivity contribution < 1.29 is 14.3 Å². The Kier molecular flexibility index (Phi) is 7.96. The van der Waals surface area contributed by atoms with Gasteiger partial charge in [-0.15, -0.1) is 0 Å². The summed E-state index contributed by atoms with van der Waals surface area (Å²) in [4.78, 5) is 12.1. The van der Waals surface area contributed by atoms with Gasteiger partial charge in [0.2, 0.25) is 0 Å². The van der Waals surface area contributed by atoms with Crippen LogP contribution in [0.2, 0.25) is 0 Å². The van der Waals surface area contributed by atoms with Crippen LogP contribution in [0.15, 0.2) is 36.4 Å². The zero-order valence-electron chi connectivity index (χ0n) is 12.8. The van der Waals surface area contributed by atoms with E-state index in [4.69, 9.17) is 9.47 Å². The number of ether oxygens (including phenoxy) is 2. The van der Waals surface area contributed by atoms with Crippen LogP contribution in [-0.4, -0.2) is 29.7 Å². The number of esters is 1. The second-order valence-electron chi connectivity index (χ2n) is 5.19. The quantitative estimate of drug-likeness (QED) is 0.373. The summed E-state index contributed by atoms with van der Waals surface area (Å²) >= 11 is 2.26. The van der Waals surface area contributed by atoms with Crippen molar-refractivity contribution in [1.82, 2.24) is 0 Å². The summed E-state index contributed by atoms with van der Waals surface area (Å²) in [7, 11) is 0. The Balaban J connectivity index is 2.89. The average Bonchev–Trinajstić information content (AvgIpc) is 2.48. The van der Waals surface area contributed by atoms with E-state index in [1.807, 2.05) is 63.3 Å². The molecule has 0 aromatic heterocycles. The fourth-order valence-electron chi connectivity index (χ4n) is 1.87. The topological polar surface area (TPSA) is 35.5 Å². The zero-order valence-corrected chi connectivity index (χ0v) is 15.0. The third-order valence-electron chi connectivity index (χ3n) is 3.15. The predicted octanol–water partition coefficient (Wildman–Crippen LogP) is 4.11. The first-order valence-electron chi connectivity index (χ1n) is 7.10. The fraction of sp³-hybridized carbons (Fsp3) is 0.471. The van der Waals surface area contributed by atoms with Crippen molar-refractivity contribution in [2.45, 2.75) is 26.9 Å².